The zero-order valence-electron chi connectivity index (χ0n) is 11.9. The Labute approximate surface area is 143 Å². The standard InChI is InChI=1S/C18H16IN3/c19-13-10-11-17(21-14-6-2-1-3-7-14)18(12-13)22-16-9-5-4-8-15(16)20/h1-12,21-22H,20H2. The highest BCUT2D eigenvalue weighted by atomic mass is 127. The largest absolute Gasteiger partial charge is 0.397 e. The van der Waals surface area contributed by atoms with Gasteiger partial charge in [0.15, 0.2) is 0 Å². The molecule has 4 N–H and O–H groups in total. The van der Waals surface area contributed by atoms with E-state index in [1.165, 1.54) is 0 Å². The number of rotatable bonds is 4. The van der Waals surface area contributed by atoms with Gasteiger partial charge in [-0.25, -0.2) is 0 Å². The summed E-state index contributed by atoms with van der Waals surface area (Å²) >= 11 is 2.31. The molecular weight excluding hydrogens is 385 g/mol. The molecule has 3 aromatic carbocycles. The van der Waals surface area contributed by atoms with Crippen LogP contribution in [0.4, 0.5) is 28.4 Å². The van der Waals surface area contributed by atoms with Crippen molar-refractivity contribution < 1.29 is 0 Å². The van der Waals surface area contributed by atoms with E-state index in [4.69, 9.17) is 5.73 Å². The number of para-hydroxylation sites is 3. The second-order valence-electron chi connectivity index (χ2n) is 4.89. The zero-order valence-corrected chi connectivity index (χ0v) is 14.0. The van der Waals surface area contributed by atoms with E-state index in [0.29, 0.717) is 0 Å². The fourth-order valence-electron chi connectivity index (χ4n) is 2.16. The molecule has 0 aromatic heterocycles. The molecule has 22 heavy (non-hydrogen) atoms. The number of nitrogens with two attached hydrogens (primary N) is 1. The average molecular weight is 401 g/mol. The Morgan fingerprint density at radius 1 is 0.682 bits per heavy atom. The predicted molar refractivity (Wildman–Crippen MR) is 103 cm³/mol. The molecule has 3 aromatic rings. The number of nitrogen functional groups attached to an aromatic ring is 1. The summed E-state index contributed by atoms with van der Waals surface area (Å²) in [7, 11) is 0. The van der Waals surface area contributed by atoms with Crippen molar-refractivity contribution in [2.45, 2.75) is 0 Å². The molecule has 0 aliphatic carbocycles. The Kier molecular flexibility index (Phi) is 4.48. The first-order valence-electron chi connectivity index (χ1n) is 6.95. The van der Waals surface area contributed by atoms with Gasteiger partial charge in [-0.1, -0.05) is 30.3 Å². The van der Waals surface area contributed by atoms with Crippen LogP contribution in [0, 0.1) is 3.57 Å². The van der Waals surface area contributed by atoms with Crippen LogP contribution in [0.15, 0.2) is 72.8 Å². The lowest BCUT2D eigenvalue weighted by atomic mass is 10.2. The second-order valence-corrected chi connectivity index (χ2v) is 6.14. The number of hydrogen-bond acceptors (Lipinski definition) is 3. The maximum atomic E-state index is 6.02. The van der Waals surface area contributed by atoms with Crippen LogP contribution in [0.2, 0.25) is 0 Å². The lowest BCUT2D eigenvalue weighted by Gasteiger charge is -2.15. The van der Waals surface area contributed by atoms with Crippen LogP contribution in [0.25, 0.3) is 0 Å². The minimum atomic E-state index is 0.729. The molecule has 0 unspecified atom stereocenters. The van der Waals surface area contributed by atoms with Gasteiger partial charge >= 0.3 is 0 Å². The summed E-state index contributed by atoms with van der Waals surface area (Å²) in [5.41, 5.74) is 10.7. The number of anilines is 5. The van der Waals surface area contributed by atoms with Gasteiger partial charge in [0.05, 0.1) is 22.7 Å². The Hall–Kier alpha value is -2.21. The quantitative estimate of drug-likeness (QED) is 0.408. The lowest BCUT2D eigenvalue weighted by Crippen LogP contribution is -2.00. The van der Waals surface area contributed by atoms with Crippen LogP contribution in [0.3, 0.4) is 0 Å². The molecule has 0 radical (unpaired) electrons. The van der Waals surface area contributed by atoms with Gasteiger partial charge in [-0.2, -0.15) is 0 Å². The van der Waals surface area contributed by atoms with Gasteiger partial charge in [0.25, 0.3) is 0 Å². The number of hydrogen-bond donors (Lipinski definition) is 3. The van der Waals surface area contributed by atoms with Gasteiger partial charge in [0.1, 0.15) is 0 Å². The fraction of sp³-hybridized carbons (Fsp3) is 0. The molecule has 110 valence electrons. The average Bonchev–Trinajstić information content (AvgIpc) is 2.53. The van der Waals surface area contributed by atoms with Crippen LogP contribution in [0.5, 0.6) is 0 Å². The fourth-order valence-corrected chi connectivity index (χ4v) is 2.65. The first-order valence-corrected chi connectivity index (χ1v) is 8.03. The molecule has 4 heteroatoms. The normalized spacial score (nSPS) is 10.2. The molecule has 0 amide bonds. The van der Waals surface area contributed by atoms with Gasteiger partial charge in [-0.15, -0.1) is 0 Å². The SMILES string of the molecule is Nc1ccccc1Nc1cc(I)ccc1Nc1ccccc1. The van der Waals surface area contributed by atoms with Crippen molar-refractivity contribution >= 4 is 51.0 Å². The van der Waals surface area contributed by atoms with Crippen molar-refractivity contribution in [2.24, 2.45) is 0 Å². The van der Waals surface area contributed by atoms with Crippen molar-refractivity contribution in [1.82, 2.24) is 0 Å². The summed E-state index contributed by atoms with van der Waals surface area (Å²) < 4.78 is 1.16. The van der Waals surface area contributed by atoms with Crippen LogP contribution in [-0.2, 0) is 0 Å². The maximum Gasteiger partial charge on any atom is 0.0634 e. The van der Waals surface area contributed by atoms with Crippen molar-refractivity contribution in [3.05, 3.63) is 76.4 Å². The molecule has 3 rings (SSSR count). The summed E-state index contributed by atoms with van der Waals surface area (Å²) in [5.74, 6) is 0. The van der Waals surface area contributed by atoms with Crippen molar-refractivity contribution in [3.8, 4) is 0 Å². The van der Waals surface area contributed by atoms with Gasteiger partial charge in [-0.05, 0) is 65.1 Å². The van der Waals surface area contributed by atoms with E-state index in [1.54, 1.807) is 0 Å². The van der Waals surface area contributed by atoms with Crippen LogP contribution < -0.4 is 16.4 Å². The van der Waals surface area contributed by atoms with Gasteiger partial charge in [0.2, 0.25) is 0 Å². The Balaban J connectivity index is 1.93. The lowest BCUT2D eigenvalue weighted by molar-refractivity contribution is 1.49. The van der Waals surface area contributed by atoms with E-state index >= 15 is 0 Å². The van der Waals surface area contributed by atoms with Crippen molar-refractivity contribution in [1.29, 1.82) is 0 Å². The van der Waals surface area contributed by atoms with Gasteiger partial charge < -0.3 is 16.4 Å². The van der Waals surface area contributed by atoms with Crippen molar-refractivity contribution in [2.75, 3.05) is 16.4 Å². The molecule has 0 saturated heterocycles. The molecule has 0 spiro atoms. The van der Waals surface area contributed by atoms with Gasteiger partial charge in [0, 0.05) is 9.26 Å². The molecule has 0 fully saturated rings. The van der Waals surface area contributed by atoms with E-state index in [-0.39, 0.29) is 0 Å². The molecular formula is C18H16IN3. The first-order chi connectivity index (χ1) is 10.7. The predicted octanol–water partition coefficient (Wildman–Crippen LogP) is 5.36. The van der Waals surface area contributed by atoms with Crippen molar-refractivity contribution in [3.63, 3.8) is 0 Å². The van der Waals surface area contributed by atoms with E-state index in [1.807, 2.05) is 54.6 Å². The minimum absolute atomic E-state index is 0.729. The maximum absolute atomic E-state index is 6.02. The summed E-state index contributed by atoms with van der Waals surface area (Å²) in [5, 5.41) is 6.84. The van der Waals surface area contributed by atoms with E-state index in [2.05, 4.69) is 51.4 Å². The third-order valence-corrected chi connectivity index (χ3v) is 3.94. The molecule has 0 bridgehead atoms. The molecule has 0 heterocycles. The van der Waals surface area contributed by atoms with E-state index in [0.717, 1.165) is 32.0 Å². The van der Waals surface area contributed by atoms with E-state index < -0.39 is 0 Å². The minimum Gasteiger partial charge on any atom is -0.397 e. The smallest absolute Gasteiger partial charge is 0.0634 e. The molecule has 0 aliphatic heterocycles. The number of halogens is 1. The van der Waals surface area contributed by atoms with Crippen LogP contribution in [-0.4, -0.2) is 0 Å². The highest BCUT2D eigenvalue weighted by Crippen LogP contribution is 2.31. The summed E-state index contributed by atoms with van der Waals surface area (Å²) in [6.07, 6.45) is 0. The number of benzene rings is 3. The van der Waals surface area contributed by atoms with E-state index in [9.17, 15) is 0 Å². The third-order valence-electron chi connectivity index (χ3n) is 3.26. The molecule has 0 saturated carbocycles. The third kappa shape index (κ3) is 3.51. The highest BCUT2D eigenvalue weighted by Gasteiger charge is 2.06. The second kappa shape index (κ2) is 6.70. The Morgan fingerprint density at radius 3 is 2.18 bits per heavy atom. The molecule has 0 atom stereocenters. The van der Waals surface area contributed by atoms with Gasteiger partial charge in [-0.3, -0.25) is 0 Å². The Bertz CT molecular complexity index is 772. The summed E-state index contributed by atoms with van der Waals surface area (Å²) in [4.78, 5) is 0. The summed E-state index contributed by atoms with van der Waals surface area (Å²) in [6, 6.07) is 24.1. The first kappa shape index (κ1) is 14.7. The topological polar surface area (TPSA) is 50.1 Å². The van der Waals surface area contributed by atoms with Crippen LogP contribution >= 0.6 is 22.6 Å². The Morgan fingerprint density at radius 2 is 1.41 bits per heavy atom. The monoisotopic (exact) mass is 401 g/mol. The zero-order chi connectivity index (χ0) is 15.4. The molecule has 0 aliphatic rings. The summed E-state index contributed by atoms with van der Waals surface area (Å²) in [6.45, 7) is 0. The number of nitrogens with one attached hydrogen (secondary N) is 2. The molecule has 3 nitrogen and oxygen atoms in total. The highest BCUT2D eigenvalue weighted by molar-refractivity contribution is 14.1. The van der Waals surface area contributed by atoms with Crippen LogP contribution in [0.1, 0.15) is 0 Å².